The molecule has 0 aromatic heterocycles. The number of amides is 3. The standard InChI is InChI=1S/C25H22ClN3O5/c1-34-25(33)19-9-5-6-10-20(19)28-22(30)21(15-16-7-3-2-4-8-16)29-24(32)23(31)27-18-13-11-17(26)12-14-18/h2-14,21H,15H2,1H3,(H,27,31)(H,28,30)(H,29,32). The molecule has 3 aromatic carbocycles. The molecule has 0 fully saturated rings. The van der Waals surface area contributed by atoms with Crippen molar-refractivity contribution < 1.29 is 23.9 Å². The second-order valence-electron chi connectivity index (χ2n) is 7.20. The van der Waals surface area contributed by atoms with Gasteiger partial charge in [-0.1, -0.05) is 54.1 Å². The third-order valence-electron chi connectivity index (χ3n) is 4.80. The molecular weight excluding hydrogens is 458 g/mol. The Balaban J connectivity index is 1.77. The molecule has 1 unspecified atom stereocenters. The van der Waals surface area contributed by atoms with Crippen molar-refractivity contribution in [3.63, 3.8) is 0 Å². The highest BCUT2D eigenvalue weighted by atomic mass is 35.5. The topological polar surface area (TPSA) is 114 Å². The van der Waals surface area contributed by atoms with Gasteiger partial charge < -0.3 is 20.7 Å². The molecule has 174 valence electrons. The van der Waals surface area contributed by atoms with Crippen molar-refractivity contribution in [2.45, 2.75) is 12.5 Å². The molecular formula is C25H22ClN3O5. The normalized spacial score (nSPS) is 11.1. The van der Waals surface area contributed by atoms with Crippen molar-refractivity contribution in [3.8, 4) is 0 Å². The van der Waals surface area contributed by atoms with Gasteiger partial charge in [0.15, 0.2) is 0 Å². The van der Waals surface area contributed by atoms with E-state index < -0.39 is 29.7 Å². The second kappa shape index (κ2) is 11.6. The molecule has 0 saturated carbocycles. The van der Waals surface area contributed by atoms with Crippen LogP contribution in [0, 0.1) is 0 Å². The number of hydrogen-bond donors (Lipinski definition) is 3. The van der Waals surface area contributed by atoms with Gasteiger partial charge in [-0.25, -0.2) is 4.79 Å². The first-order chi connectivity index (χ1) is 16.4. The largest absolute Gasteiger partial charge is 0.465 e. The molecule has 34 heavy (non-hydrogen) atoms. The van der Waals surface area contributed by atoms with Gasteiger partial charge in [-0.2, -0.15) is 0 Å². The van der Waals surface area contributed by atoms with E-state index in [0.717, 1.165) is 5.56 Å². The third kappa shape index (κ3) is 6.66. The summed E-state index contributed by atoms with van der Waals surface area (Å²) in [6.45, 7) is 0. The lowest BCUT2D eigenvalue weighted by atomic mass is 10.0. The van der Waals surface area contributed by atoms with Gasteiger partial charge in [-0.15, -0.1) is 0 Å². The van der Waals surface area contributed by atoms with E-state index in [2.05, 4.69) is 16.0 Å². The molecule has 0 bridgehead atoms. The quantitative estimate of drug-likeness (QED) is 0.355. The average Bonchev–Trinajstić information content (AvgIpc) is 2.85. The smallest absolute Gasteiger partial charge is 0.339 e. The Labute approximate surface area is 201 Å². The van der Waals surface area contributed by atoms with E-state index in [4.69, 9.17) is 16.3 Å². The van der Waals surface area contributed by atoms with Crippen LogP contribution in [0.15, 0.2) is 78.9 Å². The maximum Gasteiger partial charge on any atom is 0.339 e. The van der Waals surface area contributed by atoms with Gasteiger partial charge in [-0.3, -0.25) is 14.4 Å². The van der Waals surface area contributed by atoms with Crippen LogP contribution in [-0.2, 0) is 25.5 Å². The summed E-state index contributed by atoms with van der Waals surface area (Å²) in [6, 6.07) is 20.5. The molecule has 3 rings (SSSR count). The Kier molecular flexibility index (Phi) is 8.37. The monoisotopic (exact) mass is 479 g/mol. The van der Waals surface area contributed by atoms with Crippen molar-refractivity contribution >= 4 is 46.7 Å². The van der Waals surface area contributed by atoms with Crippen LogP contribution in [0.4, 0.5) is 11.4 Å². The molecule has 1 atom stereocenters. The Morgan fingerprint density at radius 3 is 2.15 bits per heavy atom. The first kappa shape index (κ1) is 24.5. The number of para-hydroxylation sites is 1. The zero-order chi connectivity index (χ0) is 24.5. The minimum atomic E-state index is -1.10. The zero-order valence-corrected chi connectivity index (χ0v) is 19.0. The van der Waals surface area contributed by atoms with Gasteiger partial charge in [-0.05, 0) is 42.0 Å². The highest BCUT2D eigenvalue weighted by Gasteiger charge is 2.26. The van der Waals surface area contributed by atoms with Crippen LogP contribution in [0.3, 0.4) is 0 Å². The summed E-state index contributed by atoms with van der Waals surface area (Å²) in [7, 11) is 1.23. The fourth-order valence-corrected chi connectivity index (χ4v) is 3.23. The molecule has 0 aliphatic carbocycles. The Hall–Kier alpha value is -4.17. The number of halogens is 1. The first-order valence-electron chi connectivity index (χ1n) is 10.3. The number of carbonyl (C=O) groups excluding carboxylic acids is 4. The van der Waals surface area contributed by atoms with Gasteiger partial charge in [0.2, 0.25) is 5.91 Å². The van der Waals surface area contributed by atoms with Crippen molar-refractivity contribution in [2.75, 3.05) is 17.7 Å². The molecule has 0 radical (unpaired) electrons. The van der Waals surface area contributed by atoms with Crippen LogP contribution in [-0.4, -0.2) is 36.8 Å². The number of rotatable bonds is 7. The fourth-order valence-electron chi connectivity index (χ4n) is 3.10. The Bertz CT molecular complexity index is 1180. The summed E-state index contributed by atoms with van der Waals surface area (Å²) in [5.74, 6) is -3.16. The number of nitrogens with one attached hydrogen (secondary N) is 3. The van der Waals surface area contributed by atoms with E-state index >= 15 is 0 Å². The Morgan fingerprint density at radius 2 is 1.47 bits per heavy atom. The summed E-state index contributed by atoms with van der Waals surface area (Å²) in [6.07, 6.45) is 0.118. The number of carbonyl (C=O) groups is 4. The van der Waals surface area contributed by atoms with Crippen LogP contribution in [0.5, 0.6) is 0 Å². The summed E-state index contributed by atoms with van der Waals surface area (Å²) in [5, 5.41) is 8.06. The molecule has 0 aliphatic rings. The molecule has 3 N–H and O–H groups in total. The number of benzene rings is 3. The molecule has 3 aromatic rings. The van der Waals surface area contributed by atoms with Crippen LogP contribution in [0.2, 0.25) is 5.02 Å². The summed E-state index contributed by atoms with van der Waals surface area (Å²) in [4.78, 5) is 50.1. The first-order valence-corrected chi connectivity index (χ1v) is 10.6. The van der Waals surface area contributed by atoms with Crippen LogP contribution >= 0.6 is 11.6 Å². The van der Waals surface area contributed by atoms with E-state index in [1.165, 1.54) is 13.2 Å². The lowest BCUT2D eigenvalue weighted by Gasteiger charge is -2.19. The number of ether oxygens (including phenoxy) is 1. The number of methoxy groups -OCH3 is 1. The predicted octanol–water partition coefficient (Wildman–Crippen LogP) is 3.43. The Morgan fingerprint density at radius 1 is 0.824 bits per heavy atom. The highest BCUT2D eigenvalue weighted by Crippen LogP contribution is 2.17. The molecule has 0 aliphatic heterocycles. The van der Waals surface area contributed by atoms with Gasteiger partial charge in [0.05, 0.1) is 18.4 Å². The highest BCUT2D eigenvalue weighted by molar-refractivity contribution is 6.40. The summed E-state index contributed by atoms with van der Waals surface area (Å²) >= 11 is 5.83. The number of esters is 1. The van der Waals surface area contributed by atoms with Crippen LogP contribution in [0.25, 0.3) is 0 Å². The van der Waals surface area contributed by atoms with Gasteiger partial charge >= 0.3 is 17.8 Å². The minimum absolute atomic E-state index is 0.118. The summed E-state index contributed by atoms with van der Waals surface area (Å²) < 4.78 is 4.75. The van der Waals surface area contributed by atoms with Gasteiger partial charge in [0, 0.05) is 17.1 Å². The molecule has 3 amide bonds. The zero-order valence-electron chi connectivity index (χ0n) is 18.2. The van der Waals surface area contributed by atoms with Crippen molar-refractivity contribution in [1.29, 1.82) is 0 Å². The van der Waals surface area contributed by atoms with E-state index in [-0.39, 0.29) is 17.7 Å². The molecule has 9 heteroatoms. The molecule has 0 spiro atoms. The van der Waals surface area contributed by atoms with E-state index in [1.807, 2.05) is 6.07 Å². The number of anilines is 2. The van der Waals surface area contributed by atoms with Crippen molar-refractivity contribution in [1.82, 2.24) is 5.32 Å². The maximum absolute atomic E-state index is 13.1. The SMILES string of the molecule is COC(=O)c1ccccc1NC(=O)C(Cc1ccccc1)NC(=O)C(=O)Nc1ccc(Cl)cc1. The van der Waals surface area contributed by atoms with Crippen molar-refractivity contribution in [3.05, 3.63) is 95.0 Å². The van der Waals surface area contributed by atoms with Crippen LogP contribution in [0.1, 0.15) is 15.9 Å². The predicted molar refractivity (Wildman–Crippen MR) is 129 cm³/mol. The van der Waals surface area contributed by atoms with E-state index in [9.17, 15) is 19.2 Å². The van der Waals surface area contributed by atoms with E-state index in [1.54, 1.807) is 66.7 Å². The molecule has 0 heterocycles. The van der Waals surface area contributed by atoms with Crippen molar-refractivity contribution in [2.24, 2.45) is 0 Å². The lowest BCUT2D eigenvalue weighted by Crippen LogP contribution is -2.49. The van der Waals surface area contributed by atoms with Gasteiger partial charge in [0.1, 0.15) is 6.04 Å². The van der Waals surface area contributed by atoms with Gasteiger partial charge in [0.25, 0.3) is 0 Å². The third-order valence-corrected chi connectivity index (χ3v) is 5.06. The lowest BCUT2D eigenvalue weighted by molar-refractivity contribution is -0.137. The van der Waals surface area contributed by atoms with Crippen LogP contribution < -0.4 is 16.0 Å². The fraction of sp³-hybridized carbons (Fsp3) is 0.120. The average molecular weight is 480 g/mol. The maximum atomic E-state index is 13.1. The second-order valence-corrected chi connectivity index (χ2v) is 7.64. The minimum Gasteiger partial charge on any atom is -0.465 e. The summed E-state index contributed by atoms with van der Waals surface area (Å²) in [5.41, 5.74) is 1.52. The van der Waals surface area contributed by atoms with E-state index in [0.29, 0.717) is 10.7 Å². The molecule has 0 saturated heterocycles. The number of hydrogen-bond acceptors (Lipinski definition) is 5. The molecule has 8 nitrogen and oxygen atoms in total.